The van der Waals surface area contributed by atoms with Crippen molar-refractivity contribution < 1.29 is 9.90 Å². The third-order valence-corrected chi connectivity index (χ3v) is 2.75. The summed E-state index contributed by atoms with van der Waals surface area (Å²) in [6.45, 7) is 6.38. The molecule has 15 heavy (non-hydrogen) atoms. The zero-order valence-corrected chi connectivity index (χ0v) is 9.70. The Bertz CT molecular complexity index is 199. The standard InChI is InChI=1S/C11H22N2O2/c1-9(2)3-6-12-11(15)13-7-4-10(14)5-8-13/h9-10,14H,3-8H2,1-2H3,(H,12,15). The zero-order chi connectivity index (χ0) is 11.3. The van der Waals surface area contributed by atoms with Crippen LogP contribution in [0, 0.1) is 5.92 Å². The van der Waals surface area contributed by atoms with E-state index >= 15 is 0 Å². The van der Waals surface area contributed by atoms with Gasteiger partial charge < -0.3 is 15.3 Å². The summed E-state index contributed by atoms with van der Waals surface area (Å²) in [5, 5.41) is 12.2. The van der Waals surface area contributed by atoms with E-state index in [0.717, 1.165) is 13.0 Å². The molecule has 0 atom stereocenters. The Balaban J connectivity index is 2.17. The maximum atomic E-state index is 11.6. The Morgan fingerprint density at radius 1 is 1.47 bits per heavy atom. The van der Waals surface area contributed by atoms with Crippen molar-refractivity contribution in [2.45, 2.75) is 39.2 Å². The summed E-state index contributed by atoms with van der Waals surface area (Å²) in [5.74, 6) is 0.619. The van der Waals surface area contributed by atoms with Crippen LogP contribution in [0.15, 0.2) is 0 Å². The van der Waals surface area contributed by atoms with Gasteiger partial charge in [0.05, 0.1) is 6.10 Å². The van der Waals surface area contributed by atoms with Gasteiger partial charge in [0.1, 0.15) is 0 Å². The minimum Gasteiger partial charge on any atom is -0.393 e. The summed E-state index contributed by atoms with van der Waals surface area (Å²) in [5.41, 5.74) is 0. The summed E-state index contributed by atoms with van der Waals surface area (Å²) in [6.07, 6.45) is 2.21. The van der Waals surface area contributed by atoms with E-state index in [4.69, 9.17) is 0 Å². The van der Waals surface area contributed by atoms with Crippen LogP contribution in [0.25, 0.3) is 0 Å². The minimum absolute atomic E-state index is 0.0163. The summed E-state index contributed by atoms with van der Waals surface area (Å²) in [6, 6.07) is 0.0163. The number of carbonyl (C=O) groups is 1. The molecule has 2 amide bonds. The smallest absolute Gasteiger partial charge is 0.317 e. The maximum Gasteiger partial charge on any atom is 0.317 e. The molecule has 1 rings (SSSR count). The van der Waals surface area contributed by atoms with Gasteiger partial charge in [0.15, 0.2) is 0 Å². The highest BCUT2D eigenvalue weighted by Crippen LogP contribution is 2.09. The number of hydrogen-bond donors (Lipinski definition) is 2. The molecule has 0 aromatic heterocycles. The van der Waals surface area contributed by atoms with Gasteiger partial charge in [0, 0.05) is 19.6 Å². The molecular weight excluding hydrogens is 192 g/mol. The third-order valence-electron chi connectivity index (χ3n) is 2.75. The molecule has 4 heteroatoms. The molecule has 1 aliphatic rings. The predicted octanol–water partition coefficient (Wildman–Crippen LogP) is 1.20. The quantitative estimate of drug-likeness (QED) is 0.741. The van der Waals surface area contributed by atoms with Gasteiger partial charge in [0.25, 0.3) is 0 Å². The van der Waals surface area contributed by atoms with Gasteiger partial charge in [-0.05, 0) is 25.2 Å². The number of likely N-dealkylation sites (tertiary alicyclic amines) is 1. The SMILES string of the molecule is CC(C)CCNC(=O)N1CCC(O)CC1. The van der Waals surface area contributed by atoms with Crippen LogP contribution in [0.4, 0.5) is 4.79 Å². The lowest BCUT2D eigenvalue weighted by Crippen LogP contribution is -2.45. The normalized spacial score (nSPS) is 18.3. The van der Waals surface area contributed by atoms with Gasteiger partial charge >= 0.3 is 6.03 Å². The second-order valence-corrected chi connectivity index (χ2v) is 4.63. The highest BCUT2D eigenvalue weighted by Gasteiger charge is 2.20. The molecule has 1 heterocycles. The van der Waals surface area contributed by atoms with E-state index < -0.39 is 0 Å². The number of nitrogens with zero attached hydrogens (tertiary/aromatic N) is 1. The van der Waals surface area contributed by atoms with Crippen molar-refractivity contribution in [2.24, 2.45) is 5.92 Å². The number of rotatable bonds is 3. The lowest BCUT2D eigenvalue weighted by Gasteiger charge is -2.29. The van der Waals surface area contributed by atoms with E-state index in [1.54, 1.807) is 4.90 Å². The summed E-state index contributed by atoms with van der Waals surface area (Å²) in [4.78, 5) is 13.4. The number of piperidine rings is 1. The monoisotopic (exact) mass is 214 g/mol. The molecule has 1 fully saturated rings. The first-order valence-corrected chi connectivity index (χ1v) is 5.80. The van der Waals surface area contributed by atoms with Crippen LogP contribution >= 0.6 is 0 Å². The number of aliphatic hydroxyl groups excluding tert-OH is 1. The van der Waals surface area contributed by atoms with Gasteiger partial charge in [-0.15, -0.1) is 0 Å². The number of urea groups is 1. The molecule has 0 unspecified atom stereocenters. The Morgan fingerprint density at radius 3 is 2.60 bits per heavy atom. The number of hydrogen-bond acceptors (Lipinski definition) is 2. The van der Waals surface area contributed by atoms with E-state index in [2.05, 4.69) is 19.2 Å². The fraction of sp³-hybridized carbons (Fsp3) is 0.909. The van der Waals surface area contributed by atoms with Crippen molar-refractivity contribution in [2.75, 3.05) is 19.6 Å². The fourth-order valence-corrected chi connectivity index (χ4v) is 1.65. The Labute approximate surface area is 91.6 Å². The van der Waals surface area contributed by atoms with Crippen molar-refractivity contribution in [3.8, 4) is 0 Å². The van der Waals surface area contributed by atoms with Crippen molar-refractivity contribution in [1.29, 1.82) is 0 Å². The van der Waals surface area contributed by atoms with Crippen molar-refractivity contribution in [3.05, 3.63) is 0 Å². The first kappa shape index (κ1) is 12.3. The average Bonchev–Trinajstić information content (AvgIpc) is 2.18. The highest BCUT2D eigenvalue weighted by atomic mass is 16.3. The third kappa shape index (κ3) is 4.51. The Morgan fingerprint density at radius 2 is 2.07 bits per heavy atom. The van der Waals surface area contributed by atoms with E-state index in [1.807, 2.05) is 0 Å². The molecule has 0 radical (unpaired) electrons. The van der Waals surface area contributed by atoms with Gasteiger partial charge in [-0.3, -0.25) is 0 Å². The molecule has 88 valence electrons. The van der Waals surface area contributed by atoms with Crippen LogP contribution in [0.1, 0.15) is 33.1 Å². The van der Waals surface area contributed by atoms with E-state index in [-0.39, 0.29) is 12.1 Å². The number of aliphatic hydroxyl groups is 1. The molecule has 2 N–H and O–H groups in total. The minimum atomic E-state index is -0.218. The molecular formula is C11H22N2O2. The van der Waals surface area contributed by atoms with Crippen LogP contribution in [0.5, 0.6) is 0 Å². The number of nitrogens with one attached hydrogen (secondary N) is 1. The van der Waals surface area contributed by atoms with Crippen molar-refractivity contribution in [1.82, 2.24) is 10.2 Å². The lowest BCUT2D eigenvalue weighted by molar-refractivity contribution is 0.0936. The molecule has 0 saturated carbocycles. The highest BCUT2D eigenvalue weighted by molar-refractivity contribution is 5.74. The molecule has 0 aliphatic carbocycles. The van der Waals surface area contributed by atoms with Crippen LogP contribution in [-0.2, 0) is 0 Å². The Hall–Kier alpha value is -0.770. The summed E-state index contributed by atoms with van der Waals surface area (Å²) >= 11 is 0. The van der Waals surface area contributed by atoms with Gasteiger partial charge in [0.2, 0.25) is 0 Å². The molecule has 1 saturated heterocycles. The second-order valence-electron chi connectivity index (χ2n) is 4.63. The van der Waals surface area contributed by atoms with E-state index in [9.17, 15) is 9.90 Å². The fourth-order valence-electron chi connectivity index (χ4n) is 1.65. The van der Waals surface area contributed by atoms with Gasteiger partial charge in [-0.2, -0.15) is 0 Å². The number of carbonyl (C=O) groups excluding carboxylic acids is 1. The molecule has 0 bridgehead atoms. The van der Waals surface area contributed by atoms with Gasteiger partial charge in [-0.1, -0.05) is 13.8 Å². The van der Waals surface area contributed by atoms with Crippen molar-refractivity contribution in [3.63, 3.8) is 0 Å². The topological polar surface area (TPSA) is 52.6 Å². The number of amides is 2. The zero-order valence-electron chi connectivity index (χ0n) is 9.70. The largest absolute Gasteiger partial charge is 0.393 e. The van der Waals surface area contributed by atoms with Crippen molar-refractivity contribution >= 4 is 6.03 Å². The molecule has 0 spiro atoms. The lowest BCUT2D eigenvalue weighted by atomic mass is 10.1. The Kier molecular flexibility index (Phi) is 4.88. The van der Waals surface area contributed by atoms with E-state index in [1.165, 1.54) is 0 Å². The first-order chi connectivity index (χ1) is 7.09. The summed E-state index contributed by atoms with van der Waals surface area (Å²) < 4.78 is 0. The second kappa shape index (κ2) is 5.95. The van der Waals surface area contributed by atoms with Crippen LogP contribution in [-0.4, -0.2) is 41.8 Å². The summed E-state index contributed by atoms with van der Waals surface area (Å²) in [7, 11) is 0. The molecule has 4 nitrogen and oxygen atoms in total. The maximum absolute atomic E-state index is 11.6. The molecule has 0 aromatic carbocycles. The molecule has 1 aliphatic heterocycles. The van der Waals surface area contributed by atoms with E-state index in [0.29, 0.717) is 31.8 Å². The van der Waals surface area contributed by atoms with Crippen LogP contribution in [0.2, 0.25) is 0 Å². The first-order valence-electron chi connectivity index (χ1n) is 5.80. The predicted molar refractivity (Wildman–Crippen MR) is 59.7 cm³/mol. The average molecular weight is 214 g/mol. The molecule has 0 aromatic rings. The van der Waals surface area contributed by atoms with Crippen LogP contribution in [0.3, 0.4) is 0 Å². The van der Waals surface area contributed by atoms with Gasteiger partial charge in [-0.25, -0.2) is 4.79 Å². The van der Waals surface area contributed by atoms with Crippen LogP contribution < -0.4 is 5.32 Å².